The molecule has 0 atom stereocenters. The summed E-state index contributed by atoms with van der Waals surface area (Å²) in [6.07, 6.45) is 0. The summed E-state index contributed by atoms with van der Waals surface area (Å²) in [5.41, 5.74) is 1.19. The molecule has 3 heteroatoms. The van der Waals surface area contributed by atoms with Gasteiger partial charge in [-0.3, -0.25) is 0 Å². The fraction of sp³-hybridized carbons (Fsp3) is 0.286. The number of halogens is 1. The van der Waals surface area contributed by atoms with Crippen molar-refractivity contribution in [1.82, 2.24) is 0 Å². The minimum atomic E-state index is 0.578. The summed E-state index contributed by atoms with van der Waals surface area (Å²) in [4.78, 5) is 0. The Hall–Kier alpha value is -1.06. The SMILES string of the molecule is COCCOc1ccc2ccccc2c1CBr. The van der Waals surface area contributed by atoms with Gasteiger partial charge in [0, 0.05) is 18.0 Å². The Balaban J connectivity index is 2.35. The standard InChI is InChI=1S/C14H15BrO2/c1-16-8-9-17-14-7-6-11-4-2-3-5-12(11)13(14)10-15/h2-7H,8-10H2,1H3. The van der Waals surface area contributed by atoms with Gasteiger partial charge in [-0.2, -0.15) is 0 Å². The van der Waals surface area contributed by atoms with E-state index in [0.717, 1.165) is 11.1 Å². The van der Waals surface area contributed by atoms with Gasteiger partial charge in [-0.25, -0.2) is 0 Å². The van der Waals surface area contributed by atoms with E-state index in [-0.39, 0.29) is 0 Å². The Morgan fingerprint density at radius 1 is 1.06 bits per heavy atom. The maximum absolute atomic E-state index is 5.72. The Kier molecular flexibility index (Phi) is 4.40. The molecule has 2 aromatic carbocycles. The highest BCUT2D eigenvalue weighted by Gasteiger charge is 2.07. The lowest BCUT2D eigenvalue weighted by atomic mass is 10.0. The van der Waals surface area contributed by atoms with Crippen molar-refractivity contribution in [2.75, 3.05) is 20.3 Å². The van der Waals surface area contributed by atoms with E-state index in [0.29, 0.717) is 13.2 Å². The van der Waals surface area contributed by atoms with Gasteiger partial charge in [-0.1, -0.05) is 46.3 Å². The van der Waals surface area contributed by atoms with Crippen molar-refractivity contribution in [3.05, 3.63) is 42.0 Å². The smallest absolute Gasteiger partial charge is 0.124 e. The van der Waals surface area contributed by atoms with Crippen molar-refractivity contribution >= 4 is 26.7 Å². The van der Waals surface area contributed by atoms with E-state index in [2.05, 4.69) is 34.1 Å². The minimum absolute atomic E-state index is 0.578. The number of benzene rings is 2. The third kappa shape index (κ3) is 2.79. The largest absolute Gasteiger partial charge is 0.491 e. The predicted octanol–water partition coefficient (Wildman–Crippen LogP) is 3.76. The molecule has 90 valence electrons. The molecule has 0 N–H and O–H groups in total. The number of fused-ring (bicyclic) bond motifs is 1. The van der Waals surface area contributed by atoms with E-state index >= 15 is 0 Å². The average Bonchev–Trinajstić information content (AvgIpc) is 2.38. The summed E-state index contributed by atoms with van der Waals surface area (Å²) in [5, 5.41) is 3.26. The van der Waals surface area contributed by atoms with Crippen molar-refractivity contribution in [3.63, 3.8) is 0 Å². The molecule has 0 aliphatic carbocycles. The van der Waals surface area contributed by atoms with Crippen LogP contribution in [0.5, 0.6) is 5.75 Å². The van der Waals surface area contributed by atoms with Crippen LogP contribution in [0.4, 0.5) is 0 Å². The van der Waals surface area contributed by atoms with Crippen molar-refractivity contribution in [2.24, 2.45) is 0 Å². The number of alkyl halides is 1. The predicted molar refractivity (Wildman–Crippen MR) is 74.0 cm³/mol. The van der Waals surface area contributed by atoms with Crippen LogP contribution in [0.25, 0.3) is 10.8 Å². The third-order valence-corrected chi connectivity index (χ3v) is 3.24. The first-order valence-electron chi connectivity index (χ1n) is 5.55. The van der Waals surface area contributed by atoms with Crippen molar-refractivity contribution < 1.29 is 9.47 Å². The van der Waals surface area contributed by atoms with Crippen molar-refractivity contribution in [3.8, 4) is 5.75 Å². The molecule has 0 fully saturated rings. The highest BCUT2D eigenvalue weighted by molar-refractivity contribution is 9.08. The van der Waals surface area contributed by atoms with Crippen molar-refractivity contribution in [2.45, 2.75) is 5.33 Å². The van der Waals surface area contributed by atoms with Crippen LogP contribution in [0, 0.1) is 0 Å². The molecule has 17 heavy (non-hydrogen) atoms. The molecular formula is C14H15BrO2. The summed E-state index contributed by atoms with van der Waals surface area (Å²) in [6, 6.07) is 12.4. The number of hydrogen-bond donors (Lipinski definition) is 0. The quantitative estimate of drug-likeness (QED) is 0.617. The summed E-state index contributed by atoms with van der Waals surface area (Å²) in [6.45, 7) is 1.18. The molecule has 0 heterocycles. The Labute approximate surface area is 110 Å². The molecule has 2 nitrogen and oxygen atoms in total. The van der Waals surface area contributed by atoms with Crippen LogP contribution in [0.1, 0.15) is 5.56 Å². The number of methoxy groups -OCH3 is 1. The van der Waals surface area contributed by atoms with Crippen LogP contribution >= 0.6 is 15.9 Å². The third-order valence-electron chi connectivity index (χ3n) is 2.68. The minimum Gasteiger partial charge on any atom is -0.491 e. The van der Waals surface area contributed by atoms with Gasteiger partial charge in [-0.05, 0) is 16.8 Å². The van der Waals surface area contributed by atoms with Crippen LogP contribution in [-0.2, 0) is 10.1 Å². The van der Waals surface area contributed by atoms with Crippen LogP contribution in [0.15, 0.2) is 36.4 Å². The molecule has 0 aliphatic rings. The van der Waals surface area contributed by atoms with Gasteiger partial charge in [0.05, 0.1) is 6.61 Å². The van der Waals surface area contributed by atoms with Gasteiger partial charge in [0.2, 0.25) is 0 Å². The highest BCUT2D eigenvalue weighted by Crippen LogP contribution is 2.29. The second-order valence-electron chi connectivity index (χ2n) is 3.74. The molecule has 0 amide bonds. The molecule has 0 aromatic heterocycles. The topological polar surface area (TPSA) is 18.5 Å². The Morgan fingerprint density at radius 3 is 2.65 bits per heavy atom. The zero-order valence-corrected chi connectivity index (χ0v) is 11.4. The first-order chi connectivity index (χ1) is 8.36. The zero-order valence-electron chi connectivity index (χ0n) is 9.78. The van der Waals surface area contributed by atoms with Gasteiger partial charge < -0.3 is 9.47 Å². The van der Waals surface area contributed by atoms with E-state index in [1.54, 1.807) is 7.11 Å². The molecule has 2 rings (SSSR count). The van der Waals surface area contributed by atoms with Gasteiger partial charge in [0.25, 0.3) is 0 Å². The molecule has 0 bridgehead atoms. The van der Waals surface area contributed by atoms with Crippen molar-refractivity contribution in [1.29, 1.82) is 0 Å². The van der Waals surface area contributed by atoms with Crippen LogP contribution in [0.2, 0.25) is 0 Å². The summed E-state index contributed by atoms with van der Waals surface area (Å²) >= 11 is 3.53. The van der Waals surface area contributed by atoms with Crippen LogP contribution in [0.3, 0.4) is 0 Å². The fourth-order valence-electron chi connectivity index (χ4n) is 1.82. The fourth-order valence-corrected chi connectivity index (χ4v) is 2.40. The van der Waals surface area contributed by atoms with Crippen LogP contribution in [-0.4, -0.2) is 20.3 Å². The summed E-state index contributed by atoms with van der Waals surface area (Å²) in [5.74, 6) is 0.928. The molecule has 0 saturated carbocycles. The molecule has 0 radical (unpaired) electrons. The number of hydrogen-bond acceptors (Lipinski definition) is 2. The second kappa shape index (κ2) is 6.03. The van der Waals surface area contributed by atoms with Gasteiger partial charge in [0.1, 0.15) is 12.4 Å². The maximum Gasteiger partial charge on any atom is 0.124 e. The van der Waals surface area contributed by atoms with E-state index in [4.69, 9.17) is 9.47 Å². The Morgan fingerprint density at radius 2 is 1.88 bits per heavy atom. The lowest BCUT2D eigenvalue weighted by Gasteiger charge is -2.12. The van der Waals surface area contributed by atoms with E-state index in [9.17, 15) is 0 Å². The molecule has 2 aromatic rings. The molecule has 0 saturated heterocycles. The molecule has 0 spiro atoms. The van der Waals surface area contributed by atoms with Gasteiger partial charge >= 0.3 is 0 Å². The first-order valence-corrected chi connectivity index (χ1v) is 6.67. The highest BCUT2D eigenvalue weighted by atomic mass is 79.9. The normalized spacial score (nSPS) is 10.7. The van der Waals surface area contributed by atoms with E-state index in [1.165, 1.54) is 16.3 Å². The lowest BCUT2D eigenvalue weighted by molar-refractivity contribution is 0.146. The molecule has 0 aliphatic heterocycles. The summed E-state index contributed by atoms with van der Waals surface area (Å²) in [7, 11) is 1.68. The van der Waals surface area contributed by atoms with Crippen LogP contribution < -0.4 is 4.74 Å². The van der Waals surface area contributed by atoms with Gasteiger partial charge in [-0.15, -0.1) is 0 Å². The Bertz CT molecular complexity index is 497. The molecular weight excluding hydrogens is 280 g/mol. The molecule has 0 unspecified atom stereocenters. The first kappa shape index (κ1) is 12.4. The average molecular weight is 295 g/mol. The number of rotatable bonds is 5. The van der Waals surface area contributed by atoms with E-state index in [1.807, 2.05) is 18.2 Å². The van der Waals surface area contributed by atoms with E-state index < -0.39 is 0 Å². The van der Waals surface area contributed by atoms with Gasteiger partial charge in [0.15, 0.2) is 0 Å². The zero-order chi connectivity index (χ0) is 12.1. The lowest BCUT2D eigenvalue weighted by Crippen LogP contribution is -2.05. The maximum atomic E-state index is 5.72. The summed E-state index contributed by atoms with van der Waals surface area (Å²) < 4.78 is 10.7. The second-order valence-corrected chi connectivity index (χ2v) is 4.30. The number of ether oxygens (including phenoxy) is 2. The monoisotopic (exact) mass is 294 g/mol.